The number of thioether (sulfide) groups is 1. The predicted octanol–water partition coefficient (Wildman–Crippen LogP) is 7.09. The van der Waals surface area contributed by atoms with Gasteiger partial charge in [-0.1, -0.05) is 95.4 Å². The molecule has 1 N–H and O–H groups in total. The second kappa shape index (κ2) is 12.1. The van der Waals surface area contributed by atoms with E-state index < -0.39 is 23.5 Å². The van der Waals surface area contributed by atoms with Crippen molar-refractivity contribution in [3.8, 4) is 5.75 Å². The number of amides is 1. The molecule has 3 heterocycles. The number of aryl methyl sites for hydroxylation is 1. The predicted molar refractivity (Wildman–Crippen MR) is 161 cm³/mol. The Bertz CT molecular complexity index is 1750. The summed E-state index contributed by atoms with van der Waals surface area (Å²) in [6.45, 7) is 2.38. The van der Waals surface area contributed by atoms with E-state index in [1.165, 1.54) is 45.9 Å². The fraction of sp³-hybridized carbons (Fsp3) is 0.125. The third-order valence-electron chi connectivity index (χ3n) is 6.70. The zero-order valence-electron chi connectivity index (χ0n) is 22.5. The van der Waals surface area contributed by atoms with Gasteiger partial charge in [-0.15, -0.1) is 10.2 Å². The van der Waals surface area contributed by atoms with Crippen molar-refractivity contribution in [2.24, 2.45) is 0 Å². The number of nitrogens with zero attached hydrogens (tertiary/aromatic N) is 3. The van der Waals surface area contributed by atoms with E-state index in [9.17, 15) is 14.7 Å². The number of Topliss-reactive ketones (excluding diaryl/α,β-unsaturated/α-hetero) is 1. The minimum Gasteiger partial charge on any atom is -0.503 e. The second-order valence-electron chi connectivity index (χ2n) is 9.62. The third-order valence-corrected chi connectivity index (χ3v) is 8.83. The lowest BCUT2D eigenvalue weighted by atomic mass is 9.95. The topological polar surface area (TPSA) is 106 Å². The van der Waals surface area contributed by atoms with E-state index in [-0.39, 0.29) is 16.5 Å². The SMILES string of the molecule is Cc1ccc(CSc2nnc(N3C(=O)C(O)=C(C(=O)c4ccco4)C3c3cccc(OCc4ccccc4)c3)s2)cc1. The number of aliphatic hydroxyl groups excluding tert-OH is 1. The number of benzene rings is 3. The van der Waals surface area contributed by atoms with Crippen LogP contribution in [0.3, 0.4) is 0 Å². The molecular formula is C32H25N3O5S2. The first-order valence-corrected chi connectivity index (χ1v) is 14.9. The molecular weight excluding hydrogens is 571 g/mol. The van der Waals surface area contributed by atoms with Crippen LogP contribution in [0.1, 0.15) is 38.9 Å². The molecule has 42 heavy (non-hydrogen) atoms. The van der Waals surface area contributed by atoms with Gasteiger partial charge < -0.3 is 14.3 Å². The average molecular weight is 596 g/mol. The lowest BCUT2D eigenvalue weighted by Crippen LogP contribution is -2.31. The summed E-state index contributed by atoms with van der Waals surface area (Å²) in [6, 6.07) is 27.2. The van der Waals surface area contributed by atoms with Crippen molar-refractivity contribution in [2.45, 2.75) is 29.7 Å². The highest BCUT2D eigenvalue weighted by molar-refractivity contribution is 8.00. The van der Waals surface area contributed by atoms with Gasteiger partial charge in [0.1, 0.15) is 12.4 Å². The largest absolute Gasteiger partial charge is 0.503 e. The molecule has 3 aromatic carbocycles. The van der Waals surface area contributed by atoms with Gasteiger partial charge in [-0.05, 0) is 47.9 Å². The molecule has 1 atom stereocenters. The number of aliphatic hydroxyl groups is 1. The van der Waals surface area contributed by atoms with Crippen molar-refractivity contribution in [1.82, 2.24) is 10.2 Å². The fourth-order valence-corrected chi connectivity index (χ4v) is 6.42. The lowest BCUT2D eigenvalue weighted by Gasteiger charge is -2.24. The molecule has 0 aliphatic carbocycles. The number of aromatic nitrogens is 2. The van der Waals surface area contributed by atoms with Crippen LogP contribution in [0.5, 0.6) is 5.75 Å². The van der Waals surface area contributed by atoms with Gasteiger partial charge in [-0.2, -0.15) is 0 Å². The van der Waals surface area contributed by atoms with Crippen molar-refractivity contribution in [2.75, 3.05) is 4.90 Å². The molecule has 0 saturated heterocycles. The number of anilines is 1. The quantitative estimate of drug-likeness (QED) is 0.104. The van der Waals surface area contributed by atoms with E-state index in [4.69, 9.17) is 9.15 Å². The van der Waals surface area contributed by atoms with E-state index in [1.807, 2.05) is 37.3 Å². The van der Waals surface area contributed by atoms with Gasteiger partial charge in [0.05, 0.1) is 17.9 Å². The Labute approximate surface area is 250 Å². The summed E-state index contributed by atoms with van der Waals surface area (Å²) >= 11 is 2.72. The van der Waals surface area contributed by atoms with E-state index >= 15 is 0 Å². The Morgan fingerprint density at radius 1 is 1.00 bits per heavy atom. The molecule has 5 aromatic rings. The van der Waals surface area contributed by atoms with Gasteiger partial charge in [-0.3, -0.25) is 14.5 Å². The van der Waals surface area contributed by atoms with E-state index in [2.05, 4.69) is 34.5 Å². The molecule has 0 saturated carbocycles. The molecule has 6 rings (SSSR count). The number of hydrogen-bond donors (Lipinski definition) is 1. The van der Waals surface area contributed by atoms with Gasteiger partial charge in [0.2, 0.25) is 10.9 Å². The minimum atomic E-state index is -0.974. The molecule has 0 radical (unpaired) electrons. The summed E-state index contributed by atoms with van der Waals surface area (Å²) in [5, 5.41) is 19.9. The summed E-state index contributed by atoms with van der Waals surface area (Å²) in [7, 11) is 0. The summed E-state index contributed by atoms with van der Waals surface area (Å²) < 4.78 is 12.0. The number of ether oxygens (including phenoxy) is 1. The standard InChI is InChI=1S/C32H25N3O5S2/c1-20-12-14-22(15-13-20)19-41-32-34-33-31(42-32)35-27(26(29(37)30(35)38)28(36)25-11-6-16-39-25)23-9-5-10-24(17-23)40-18-21-7-3-2-4-8-21/h2-17,27,37H,18-19H2,1H3. The first-order chi connectivity index (χ1) is 20.5. The smallest absolute Gasteiger partial charge is 0.296 e. The molecule has 1 aliphatic rings. The Hall–Kier alpha value is -4.67. The summed E-state index contributed by atoms with van der Waals surface area (Å²) in [5.74, 6) is -0.741. The first-order valence-electron chi connectivity index (χ1n) is 13.1. The van der Waals surface area contributed by atoms with Crippen LogP contribution in [0.25, 0.3) is 0 Å². The second-order valence-corrected chi connectivity index (χ2v) is 11.8. The van der Waals surface area contributed by atoms with Crippen molar-refractivity contribution < 1.29 is 23.8 Å². The Balaban J connectivity index is 1.32. The van der Waals surface area contributed by atoms with Gasteiger partial charge in [0.15, 0.2) is 15.9 Å². The Morgan fingerprint density at radius 3 is 2.57 bits per heavy atom. The number of furan rings is 1. The van der Waals surface area contributed by atoms with Crippen molar-refractivity contribution in [3.05, 3.63) is 137 Å². The van der Waals surface area contributed by atoms with E-state index in [0.717, 1.165) is 11.1 Å². The molecule has 210 valence electrons. The van der Waals surface area contributed by atoms with Crippen molar-refractivity contribution in [3.63, 3.8) is 0 Å². The summed E-state index contributed by atoms with van der Waals surface area (Å²) in [4.78, 5) is 28.4. The highest BCUT2D eigenvalue weighted by Crippen LogP contribution is 2.44. The maximum Gasteiger partial charge on any atom is 0.296 e. The van der Waals surface area contributed by atoms with Crippen LogP contribution in [0.15, 0.2) is 117 Å². The minimum absolute atomic E-state index is 0.0132. The van der Waals surface area contributed by atoms with Gasteiger partial charge in [0.25, 0.3) is 5.91 Å². The number of hydrogen-bond acceptors (Lipinski definition) is 9. The molecule has 1 amide bonds. The maximum atomic E-state index is 13.6. The van der Waals surface area contributed by atoms with Crippen LogP contribution in [0.4, 0.5) is 5.13 Å². The van der Waals surface area contributed by atoms with E-state index in [1.54, 1.807) is 30.3 Å². The van der Waals surface area contributed by atoms with Crippen LogP contribution in [-0.2, 0) is 17.2 Å². The van der Waals surface area contributed by atoms with Crippen molar-refractivity contribution in [1.29, 1.82) is 0 Å². The molecule has 1 unspecified atom stereocenters. The lowest BCUT2D eigenvalue weighted by molar-refractivity contribution is -0.117. The number of carbonyl (C=O) groups is 2. The van der Waals surface area contributed by atoms with Gasteiger partial charge >= 0.3 is 0 Å². The zero-order chi connectivity index (χ0) is 29.1. The molecule has 10 heteroatoms. The van der Waals surface area contributed by atoms with Crippen LogP contribution in [-0.4, -0.2) is 27.0 Å². The molecule has 2 aromatic heterocycles. The number of carbonyl (C=O) groups excluding carboxylic acids is 2. The number of ketones is 1. The Morgan fingerprint density at radius 2 is 1.81 bits per heavy atom. The number of rotatable bonds is 10. The average Bonchev–Trinajstić information content (AvgIpc) is 3.77. The van der Waals surface area contributed by atoms with E-state index in [0.29, 0.717) is 28.0 Å². The molecule has 0 fully saturated rings. The monoisotopic (exact) mass is 595 g/mol. The highest BCUT2D eigenvalue weighted by Gasteiger charge is 2.46. The molecule has 0 bridgehead atoms. The Kier molecular flexibility index (Phi) is 7.89. The maximum absolute atomic E-state index is 13.6. The summed E-state index contributed by atoms with van der Waals surface area (Å²) in [6.07, 6.45) is 1.37. The van der Waals surface area contributed by atoms with Crippen LogP contribution >= 0.6 is 23.1 Å². The molecule has 0 spiro atoms. The van der Waals surface area contributed by atoms with Gasteiger partial charge in [0, 0.05) is 5.75 Å². The molecule has 8 nitrogen and oxygen atoms in total. The van der Waals surface area contributed by atoms with Crippen molar-refractivity contribution >= 4 is 39.9 Å². The zero-order valence-corrected chi connectivity index (χ0v) is 24.1. The third kappa shape index (κ3) is 5.72. The van der Waals surface area contributed by atoms with Crippen LogP contribution < -0.4 is 9.64 Å². The highest BCUT2D eigenvalue weighted by atomic mass is 32.2. The van der Waals surface area contributed by atoms with Gasteiger partial charge in [-0.25, -0.2) is 0 Å². The van der Waals surface area contributed by atoms with Crippen LogP contribution in [0, 0.1) is 6.92 Å². The molecule has 1 aliphatic heterocycles. The summed E-state index contributed by atoms with van der Waals surface area (Å²) in [5.41, 5.74) is 3.78. The van der Waals surface area contributed by atoms with Crippen LogP contribution in [0.2, 0.25) is 0 Å². The first kappa shape index (κ1) is 27.5. The fourth-order valence-electron chi connectivity index (χ4n) is 4.59. The normalized spacial score (nSPS) is 14.9.